The molecule has 1 aromatic carbocycles. The lowest BCUT2D eigenvalue weighted by Crippen LogP contribution is -2.16. The van der Waals surface area contributed by atoms with Gasteiger partial charge in [0, 0.05) is 6.08 Å². The van der Waals surface area contributed by atoms with Crippen LogP contribution < -0.4 is 5.32 Å². The Balaban J connectivity index is 3.48. The Kier molecular flexibility index (Phi) is 4.80. The monoisotopic (exact) mass is 327 g/mol. The van der Waals surface area contributed by atoms with Crippen molar-refractivity contribution in [3.63, 3.8) is 0 Å². The van der Waals surface area contributed by atoms with Crippen molar-refractivity contribution < 1.29 is 40.1 Å². The van der Waals surface area contributed by atoms with E-state index < -0.39 is 49.9 Å². The highest BCUT2D eigenvalue weighted by molar-refractivity contribution is 7.85. The zero-order chi connectivity index (χ0) is 16.4. The van der Waals surface area contributed by atoms with E-state index >= 15 is 0 Å². The molecule has 0 heterocycles. The Hall–Kier alpha value is -2.27. The number of nitrogens with one attached hydrogen (secondary N) is 1. The number of allylic oxidation sites excluding steroid dienone is 1. The molecule has 6 nitrogen and oxygen atoms in total. The number of hydrogen-bond acceptors (Lipinski definition) is 4. The zero-order valence-corrected chi connectivity index (χ0v) is 10.5. The van der Waals surface area contributed by atoms with E-state index in [1.807, 2.05) is 0 Å². The minimum atomic E-state index is -5.57. The SMILES string of the molecule is O=C/C=C\C(=O)Nc1c(F)c(F)c(S(=O)(=O)O)c(F)c1F. The van der Waals surface area contributed by atoms with Gasteiger partial charge in [-0.1, -0.05) is 0 Å². The standard InChI is InChI=1S/C10H5F4NO5S/c11-5-7(13)10(21(18,19)20)8(14)6(12)9(5)15-4(17)2-1-3-16/h1-3H,(H,15,17)(H,18,19,20)/b2-1-. The fourth-order valence-corrected chi connectivity index (χ4v) is 1.87. The van der Waals surface area contributed by atoms with Crippen LogP contribution in [0.2, 0.25) is 0 Å². The van der Waals surface area contributed by atoms with Crippen LogP contribution in [0.25, 0.3) is 0 Å². The van der Waals surface area contributed by atoms with Gasteiger partial charge in [-0.15, -0.1) is 0 Å². The molecule has 0 saturated carbocycles. The molecule has 0 saturated heterocycles. The molecule has 0 spiro atoms. The highest BCUT2D eigenvalue weighted by atomic mass is 32.2. The average molecular weight is 327 g/mol. The molecule has 0 aromatic heterocycles. The van der Waals surface area contributed by atoms with E-state index in [2.05, 4.69) is 0 Å². The van der Waals surface area contributed by atoms with E-state index in [0.717, 1.165) is 0 Å². The number of halogens is 4. The van der Waals surface area contributed by atoms with Crippen LogP contribution in [-0.4, -0.2) is 25.2 Å². The van der Waals surface area contributed by atoms with Crippen molar-refractivity contribution in [2.75, 3.05) is 5.32 Å². The van der Waals surface area contributed by atoms with Crippen LogP contribution in [0.15, 0.2) is 17.0 Å². The maximum atomic E-state index is 13.5. The second kappa shape index (κ2) is 6.01. The quantitative estimate of drug-likeness (QED) is 0.284. The highest BCUT2D eigenvalue weighted by Crippen LogP contribution is 2.30. The summed E-state index contributed by atoms with van der Waals surface area (Å²) in [6.07, 6.45) is 1.28. The third kappa shape index (κ3) is 3.44. The van der Waals surface area contributed by atoms with Crippen molar-refractivity contribution >= 4 is 28.0 Å². The molecule has 11 heteroatoms. The van der Waals surface area contributed by atoms with Crippen molar-refractivity contribution in [2.24, 2.45) is 0 Å². The van der Waals surface area contributed by atoms with E-state index in [-0.39, 0.29) is 6.29 Å². The third-order valence-corrected chi connectivity index (χ3v) is 2.93. The molecule has 21 heavy (non-hydrogen) atoms. The van der Waals surface area contributed by atoms with Crippen LogP contribution in [0.3, 0.4) is 0 Å². The lowest BCUT2D eigenvalue weighted by molar-refractivity contribution is -0.112. The molecule has 0 aliphatic heterocycles. The predicted molar refractivity (Wildman–Crippen MR) is 59.9 cm³/mol. The summed E-state index contributed by atoms with van der Waals surface area (Å²) in [5, 5.41) is 1.38. The van der Waals surface area contributed by atoms with Gasteiger partial charge in [-0.25, -0.2) is 17.6 Å². The van der Waals surface area contributed by atoms with Gasteiger partial charge in [-0.3, -0.25) is 14.1 Å². The van der Waals surface area contributed by atoms with Gasteiger partial charge in [-0.05, 0) is 6.08 Å². The number of rotatable bonds is 4. The maximum Gasteiger partial charge on any atom is 0.300 e. The minimum absolute atomic E-state index is 0.148. The van der Waals surface area contributed by atoms with Crippen LogP contribution in [0, 0.1) is 23.3 Å². The second-order valence-electron chi connectivity index (χ2n) is 3.42. The molecule has 0 aliphatic carbocycles. The fourth-order valence-electron chi connectivity index (χ4n) is 1.24. The van der Waals surface area contributed by atoms with Gasteiger partial charge in [0.25, 0.3) is 0 Å². The Morgan fingerprint density at radius 1 is 1.05 bits per heavy atom. The smallest absolute Gasteiger partial charge is 0.300 e. The number of carbonyl (C=O) groups excluding carboxylic acids is 2. The van der Waals surface area contributed by atoms with E-state index in [4.69, 9.17) is 4.55 Å². The van der Waals surface area contributed by atoms with Crippen molar-refractivity contribution in [1.29, 1.82) is 0 Å². The summed E-state index contributed by atoms with van der Waals surface area (Å²) in [5.74, 6) is -10.6. The Morgan fingerprint density at radius 3 is 1.90 bits per heavy atom. The fraction of sp³-hybridized carbons (Fsp3) is 0. The van der Waals surface area contributed by atoms with E-state index in [0.29, 0.717) is 12.2 Å². The van der Waals surface area contributed by atoms with Gasteiger partial charge < -0.3 is 5.32 Å². The Labute approximate surface area is 114 Å². The van der Waals surface area contributed by atoms with Gasteiger partial charge in [0.1, 0.15) is 12.0 Å². The number of benzene rings is 1. The molecular formula is C10H5F4NO5S. The minimum Gasteiger partial charge on any atom is -0.317 e. The van der Waals surface area contributed by atoms with E-state index in [1.54, 1.807) is 0 Å². The summed E-state index contributed by atoms with van der Waals surface area (Å²) in [7, 11) is -5.57. The largest absolute Gasteiger partial charge is 0.317 e. The normalized spacial score (nSPS) is 11.7. The van der Waals surface area contributed by atoms with Crippen molar-refractivity contribution in [1.82, 2.24) is 0 Å². The van der Waals surface area contributed by atoms with Crippen LogP contribution in [-0.2, 0) is 19.7 Å². The van der Waals surface area contributed by atoms with Crippen LogP contribution >= 0.6 is 0 Å². The summed E-state index contributed by atoms with van der Waals surface area (Å²) < 4.78 is 83.4. The van der Waals surface area contributed by atoms with Crippen molar-refractivity contribution in [3.05, 3.63) is 35.4 Å². The summed E-state index contributed by atoms with van der Waals surface area (Å²) in [5.41, 5.74) is -1.61. The molecule has 0 radical (unpaired) electrons. The van der Waals surface area contributed by atoms with E-state index in [1.165, 1.54) is 5.32 Å². The summed E-state index contributed by atoms with van der Waals surface area (Å²) in [6.45, 7) is 0. The van der Waals surface area contributed by atoms with Crippen LogP contribution in [0.1, 0.15) is 0 Å². The summed E-state index contributed by atoms with van der Waals surface area (Å²) in [6, 6.07) is 0. The second-order valence-corrected chi connectivity index (χ2v) is 4.78. The Bertz CT molecular complexity index is 715. The number of aldehydes is 1. The first-order valence-electron chi connectivity index (χ1n) is 4.87. The first kappa shape index (κ1) is 16.8. The van der Waals surface area contributed by atoms with Gasteiger partial charge in [0.15, 0.2) is 28.2 Å². The maximum absolute atomic E-state index is 13.5. The zero-order valence-electron chi connectivity index (χ0n) is 9.73. The molecule has 1 amide bonds. The molecule has 0 fully saturated rings. The molecule has 1 rings (SSSR count). The van der Waals surface area contributed by atoms with Crippen molar-refractivity contribution in [3.8, 4) is 0 Å². The predicted octanol–water partition coefficient (Wildman–Crippen LogP) is 1.18. The molecular weight excluding hydrogens is 322 g/mol. The molecule has 1 aromatic rings. The summed E-state index contributed by atoms with van der Waals surface area (Å²) >= 11 is 0. The molecule has 0 unspecified atom stereocenters. The number of anilines is 1. The highest BCUT2D eigenvalue weighted by Gasteiger charge is 2.32. The van der Waals surface area contributed by atoms with Gasteiger partial charge >= 0.3 is 10.1 Å². The first-order chi connectivity index (χ1) is 9.61. The van der Waals surface area contributed by atoms with Crippen LogP contribution in [0.4, 0.5) is 23.2 Å². The molecule has 0 atom stereocenters. The summed E-state index contributed by atoms with van der Waals surface area (Å²) in [4.78, 5) is 18.8. The lowest BCUT2D eigenvalue weighted by Gasteiger charge is -2.10. The molecule has 114 valence electrons. The van der Waals surface area contributed by atoms with Crippen molar-refractivity contribution in [2.45, 2.75) is 4.90 Å². The number of amides is 1. The average Bonchev–Trinajstić information content (AvgIpc) is 2.37. The van der Waals surface area contributed by atoms with Gasteiger partial charge in [-0.2, -0.15) is 8.42 Å². The number of hydrogen-bond donors (Lipinski definition) is 2. The molecule has 0 aliphatic rings. The lowest BCUT2D eigenvalue weighted by atomic mass is 10.2. The van der Waals surface area contributed by atoms with Crippen LogP contribution in [0.5, 0.6) is 0 Å². The molecule has 2 N–H and O–H groups in total. The number of carbonyl (C=O) groups is 2. The topological polar surface area (TPSA) is 101 Å². The Morgan fingerprint density at radius 2 is 1.52 bits per heavy atom. The van der Waals surface area contributed by atoms with Gasteiger partial charge in [0.2, 0.25) is 5.91 Å². The van der Waals surface area contributed by atoms with Gasteiger partial charge in [0.05, 0.1) is 0 Å². The van der Waals surface area contributed by atoms with E-state index in [9.17, 15) is 35.6 Å². The third-order valence-electron chi connectivity index (χ3n) is 2.06. The first-order valence-corrected chi connectivity index (χ1v) is 6.31. The molecule has 0 bridgehead atoms.